The first-order valence-electron chi connectivity index (χ1n) is 9.24. The van der Waals surface area contributed by atoms with Gasteiger partial charge < -0.3 is 10.5 Å². The number of aromatic nitrogens is 1. The maximum atomic E-state index is 13.1. The first kappa shape index (κ1) is 18.6. The van der Waals surface area contributed by atoms with E-state index in [-0.39, 0.29) is 11.8 Å². The molecule has 2 aromatic rings. The van der Waals surface area contributed by atoms with Crippen molar-refractivity contribution in [3.63, 3.8) is 0 Å². The summed E-state index contributed by atoms with van der Waals surface area (Å²) in [5.41, 5.74) is 9.24. The van der Waals surface area contributed by atoms with E-state index < -0.39 is 5.25 Å². The van der Waals surface area contributed by atoms with Gasteiger partial charge in [-0.3, -0.25) is 9.59 Å². The Balaban J connectivity index is 1.70. The van der Waals surface area contributed by atoms with Crippen LogP contribution in [0.5, 0.6) is 5.75 Å². The molecule has 1 atom stereocenters. The summed E-state index contributed by atoms with van der Waals surface area (Å²) in [6, 6.07) is 10.7. The van der Waals surface area contributed by atoms with Gasteiger partial charge in [-0.2, -0.15) is 0 Å². The molecular weight excluding hydrogens is 374 g/mol. The van der Waals surface area contributed by atoms with Crippen LogP contribution in [-0.4, -0.2) is 29.2 Å². The summed E-state index contributed by atoms with van der Waals surface area (Å²) >= 11 is 1.31. The van der Waals surface area contributed by atoms with E-state index in [1.165, 1.54) is 16.7 Å². The van der Waals surface area contributed by atoms with Crippen LogP contribution in [0.1, 0.15) is 31.0 Å². The maximum absolute atomic E-state index is 13.1. The van der Waals surface area contributed by atoms with Gasteiger partial charge in [0.15, 0.2) is 0 Å². The highest BCUT2D eigenvalue weighted by molar-refractivity contribution is 8.01. The van der Waals surface area contributed by atoms with Crippen LogP contribution >= 0.6 is 11.8 Å². The number of anilines is 1. The lowest BCUT2D eigenvalue weighted by molar-refractivity contribution is -0.120. The Hall–Kier alpha value is -2.80. The molecular formula is C21H21N3O3S. The molecule has 0 saturated carbocycles. The van der Waals surface area contributed by atoms with E-state index in [0.717, 1.165) is 35.5 Å². The van der Waals surface area contributed by atoms with Gasteiger partial charge >= 0.3 is 0 Å². The van der Waals surface area contributed by atoms with Crippen molar-refractivity contribution in [2.45, 2.75) is 36.5 Å². The summed E-state index contributed by atoms with van der Waals surface area (Å²) in [6.45, 7) is 2.14. The molecule has 28 heavy (non-hydrogen) atoms. The van der Waals surface area contributed by atoms with Crippen molar-refractivity contribution in [3.8, 4) is 5.75 Å². The van der Waals surface area contributed by atoms with Gasteiger partial charge in [-0.05, 0) is 49.2 Å². The fourth-order valence-electron chi connectivity index (χ4n) is 3.44. The van der Waals surface area contributed by atoms with Gasteiger partial charge in [0.2, 0.25) is 0 Å². The molecule has 0 spiro atoms. The van der Waals surface area contributed by atoms with Crippen LogP contribution in [0.2, 0.25) is 0 Å². The number of nitrogens with zero attached hydrogens (tertiary/aromatic N) is 2. The van der Waals surface area contributed by atoms with Crippen LogP contribution in [0.25, 0.3) is 5.70 Å². The Morgan fingerprint density at radius 3 is 2.61 bits per heavy atom. The van der Waals surface area contributed by atoms with Crippen LogP contribution in [0.3, 0.4) is 0 Å². The van der Waals surface area contributed by atoms with Crippen LogP contribution < -0.4 is 15.4 Å². The monoisotopic (exact) mass is 395 g/mol. The number of aryl methyl sites for hydroxylation is 1. The van der Waals surface area contributed by atoms with Gasteiger partial charge in [0.1, 0.15) is 16.0 Å². The second kappa shape index (κ2) is 7.31. The second-order valence-electron chi connectivity index (χ2n) is 6.76. The number of pyridine rings is 1. The highest BCUT2D eigenvalue weighted by Gasteiger charge is 2.49. The number of rotatable bonds is 5. The van der Waals surface area contributed by atoms with Gasteiger partial charge in [-0.25, -0.2) is 9.88 Å². The van der Waals surface area contributed by atoms with E-state index in [1.54, 1.807) is 31.4 Å². The minimum Gasteiger partial charge on any atom is -0.497 e. The summed E-state index contributed by atoms with van der Waals surface area (Å²) in [5.74, 6) is -0.0000148. The molecule has 0 aliphatic carbocycles. The number of unbranched alkanes of at least 4 members (excludes halogenated alkanes) is 1. The van der Waals surface area contributed by atoms with Crippen molar-refractivity contribution in [1.82, 2.24) is 4.98 Å². The fourth-order valence-corrected chi connectivity index (χ4v) is 4.69. The van der Waals surface area contributed by atoms with Gasteiger partial charge in [-0.15, -0.1) is 0 Å². The Morgan fingerprint density at radius 1 is 1.18 bits per heavy atom. The molecule has 4 rings (SSSR count). The third-order valence-electron chi connectivity index (χ3n) is 4.99. The third kappa shape index (κ3) is 2.96. The number of methoxy groups -OCH3 is 1. The van der Waals surface area contributed by atoms with Gasteiger partial charge in [0.05, 0.1) is 24.1 Å². The van der Waals surface area contributed by atoms with Crippen molar-refractivity contribution < 1.29 is 14.3 Å². The molecule has 1 aromatic carbocycles. The first-order valence-corrected chi connectivity index (χ1v) is 10.1. The molecule has 2 aliphatic heterocycles. The SMILES string of the molecule is CCCCc1ccc2c(n1)S[C@@H]1C(=O)N(c3ccc(OC)cc3)C(=O)C1=C2N. The molecule has 144 valence electrons. The number of benzene rings is 1. The smallest absolute Gasteiger partial charge is 0.264 e. The molecule has 2 aliphatic rings. The molecule has 1 fully saturated rings. The zero-order valence-electron chi connectivity index (χ0n) is 15.8. The minimum atomic E-state index is -0.656. The largest absolute Gasteiger partial charge is 0.497 e. The number of imide groups is 1. The molecule has 2 N–H and O–H groups in total. The number of hydrogen-bond acceptors (Lipinski definition) is 6. The van der Waals surface area contributed by atoms with E-state index in [1.807, 2.05) is 12.1 Å². The zero-order valence-corrected chi connectivity index (χ0v) is 16.6. The standard InChI is InChI=1S/C21H21N3O3S/c1-3-4-5-12-6-11-15-17(22)16-18(28-19(15)23-12)21(26)24(20(16)25)13-7-9-14(27-2)10-8-13/h6-11,18H,3-5,22H2,1-2H3/t18-/m0/s1. The number of ether oxygens (including phenoxy) is 1. The summed E-state index contributed by atoms with van der Waals surface area (Å²) < 4.78 is 5.15. The third-order valence-corrected chi connectivity index (χ3v) is 6.19. The number of fused-ring (bicyclic) bond motifs is 2. The highest BCUT2D eigenvalue weighted by atomic mass is 32.2. The van der Waals surface area contributed by atoms with E-state index in [0.29, 0.717) is 22.7 Å². The van der Waals surface area contributed by atoms with E-state index in [2.05, 4.69) is 6.92 Å². The Kier molecular flexibility index (Phi) is 4.85. The Morgan fingerprint density at radius 2 is 1.93 bits per heavy atom. The van der Waals surface area contributed by atoms with Crippen LogP contribution in [0.15, 0.2) is 47.0 Å². The summed E-state index contributed by atoms with van der Waals surface area (Å²) in [7, 11) is 1.57. The lowest BCUT2D eigenvalue weighted by Gasteiger charge is -2.20. The maximum Gasteiger partial charge on any atom is 0.264 e. The number of amides is 2. The number of thioether (sulfide) groups is 1. The molecule has 1 saturated heterocycles. The van der Waals surface area contributed by atoms with Gasteiger partial charge in [-0.1, -0.05) is 25.1 Å². The second-order valence-corrected chi connectivity index (χ2v) is 7.85. The Labute approximate surface area is 167 Å². The molecule has 0 bridgehead atoms. The van der Waals surface area contributed by atoms with Crippen LogP contribution in [-0.2, 0) is 16.0 Å². The molecule has 6 nitrogen and oxygen atoms in total. The normalized spacial score (nSPS) is 18.4. The fraction of sp³-hybridized carbons (Fsp3) is 0.286. The molecule has 0 unspecified atom stereocenters. The van der Waals surface area contributed by atoms with E-state index in [9.17, 15) is 9.59 Å². The van der Waals surface area contributed by atoms with Crippen LogP contribution in [0, 0.1) is 0 Å². The number of carbonyl (C=O) groups excluding carboxylic acids is 2. The van der Waals surface area contributed by atoms with Gasteiger partial charge in [0, 0.05) is 11.3 Å². The quantitative estimate of drug-likeness (QED) is 0.783. The molecule has 0 radical (unpaired) electrons. The molecule has 1 aromatic heterocycles. The summed E-state index contributed by atoms with van der Waals surface area (Å²) in [6.07, 6.45) is 3.03. The molecule has 3 heterocycles. The number of carbonyl (C=O) groups is 2. The topological polar surface area (TPSA) is 85.5 Å². The first-order chi connectivity index (χ1) is 13.5. The minimum absolute atomic E-state index is 0.287. The van der Waals surface area contributed by atoms with Gasteiger partial charge in [0.25, 0.3) is 11.8 Å². The summed E-state index contributed by atoms with van der Waals surface area (Å²) in [5, 5.41) is 0.0635. The molecule has 2 amide bonds. The predicted octanol–water partition coefficient (Wildman–Crippen LogP) is 3.15. The highest BCUT2D eigenvalue weighted by Crippen LogP contribution is 2.45. The summed E-state index contributed by atoms with van der Waals surface area (Å²) in [4.78, 5) is 32.0. The average molecular weight is 395 g/mol. The van der Waals surface area contributed by atoms with Crippen molar-refractivity contribution >= 4 is 35.0 Å². The lowest BCUT2D eigenvalue weighted by Crippen LogP contribution is -2.31. The zero-order chi connectivity index (χ0) is 19.8. The van der Waals surface area contributed by atoms with Crippen molar-refractivity contribution in [3.05, 3.63) is 53.2 Å². The van der Waals surface area contributed by atoms with Crippen molar-refractivity contribution in [2.75, 3.05) is 12.0 Å². The van der Waals surface area contributed by atoms with E-state index in [4.69, 9.17) is 15.5 Å². The predicted molar refractivity (Wildman–Crippen MR) is 109 cm³/mol. The van der Waals surface area contributed by atoms with Crippen molar-refractivity contribution in [2.24, 2.45) is 5.73 Å². The molecule has 7 heteroatoms. The number of hydrogen-bond donors (Lipinski definition) is 1. The lowest BCUT2D eigenvalue weighted by atomic mass is 10.1. The Bertz CT molecular complexity index is 985. The average Bonchev–Trinajstić information content (AvgIpc) is 2.96. The van der Waals surface area contributed by atoms with Crippen molar-refractivity contribution in [1.29, 1.82) is 0 Å². The van der Waals surface area contributed by atoms with Crippen LogP contribution in [0.4, 0.5) is 5.69 Å². The number of nitrogens with two attached hydrogens (primary N) is 1. The van der Waals surface area contributed by atoms with E-state index >= 15 is 0 Å².